The van der Waals surface area contributed by atoms with Crippen LogP contribution < -0.4 is 10.1 Å². The first-order valence-corrected chi connectivity index (χ1v) is 10.3. The van der Waals surface area contributed by atoms with Crippen LogP contribution in [0.1, 0.15) is 25.5 Å². The molecule has 29 heavy (non-hydrogen) atoms. The standard InChI is InChI=1S/C22H24FN3O2S/c1-15(2)21(16-7-9-17(23)10-8-16)25-20(27)14-29-22-24-11-12-26(22)18-5-4-6-19(13-18)28-3/h4-13,15,21H,14H2,1-3H3,(H,25,27). The van der Waals surface area contributed by atoms with Gasteiger partial charge in [0.05, 0.1) is 24.6 Å². The van der Waals surface area contributed by atoms with Gasteiger partial charge in [-0.15, -0.1) is 0 Å². The zero-order valence-electron chi connectivity index (χ0n) is 16.6. The maximum Gasteiger partial charge on any atom is 0.230 e. The summed E-state index contributed by atoms with van der Waals surface area (Å²) in [5.41, 5.74) is 1.80. The van der Waals surface area contributed by atoms with Crippen LogP contribution in [0.5, 0.6) is 5.75 Å². The number of aromatic nitrogens is 2. The number of nitrogens with zero attached hydrogens (tertiary/aromatic N) is 2. The minimum atomic E-state index is -0.289. The van der Waals surface area contributed by atoms with Gasteiger partial charge in [-0.05, 0) is 35.7 Å². The average Bonchev–Trinajstić information content (AvgIpc) is 3.20. The van der Waals surface area contributed by atoms with E-state index in [4.69, 9.17) is 4.74 Å². The van der Waals surface area contributed by atoms with Crippen LogP contribution in [0.25, 0.3) is 5.69 Å². The van der Waals surface area contributed by atoms with Gasteiger partial charge < -0.3 is 10.1 Å². The lowest BCUT2D eigenvalue weighted by molar-refractivity contribution is -0.119. The van der Waals surface area contributed by atoms with Gasteiger partial charge in [-0.2, -0.15) is 0 Å². The van der Waals surface area contributed by atoms with Crippen molar-refractivity contribution in [2.45, 2.75) is 25.0 Å². The van der Waals surface area contributed by atoms with Gasteiger partial charge in [-0.25, -0.2) is 9.37 Å². The smallest absolute Gasteiger partial charge is 0.230 e. The van der Waals surface area contributed by atoms with Crippen molar-refractivity contribution in [1.29, 1.82) is 0 Å². The van der Waals surface area contributed by atoms with E-state index < -0.39 is 0 Å². The Morgan fingerprint density at radius 3 is 2.69 bits per heavy atom. The lowest BCUT2D eigenvalue weighted by Crippen LogP contribution is -2.33. The van der Waals surface area contributed by atoms with Crippen LogP contribution in [0.2, 0.25) is 0 Å². The Kier molecular flexibility index (Phi) is 6.93. The molecule has 5 nitrogen and oxygen atoms in total. The van der Waals surface area contributed by atoms with Gasteiger partial charge in [0.1, 0.15) is 11.6 Å². The molecule has 0 bridgehead atoms. The van der Waals surface area contributed by atoms with Crippen LogP contribution in [0.4, 0.5) is 4.39 Å². The van der Waals surface area contributed by atoms with Crippen molar-refractivity contribution in [3.05, 3.63) is 72.3 Å². The zero-order chi connectivity index (χ0) is 20.8. The molecule has 0 fully saturated rings. The zero-order valence-corrected chi connectivity index (χ0v) is 17.4. The number of carbonyl (C=O) groups excluding carboxylic acids is 1. The highest BCUT2D eigenvalue weighted by Crippen LogP contribution is 2.25. The molecule has 0 aliphatic heterocycles. The van der Waals surface area contributed by atoms with E-state index in [0.717, 1.165) is 22.2 Å². The summed E-state index contributed by atoms with van der Waals surface area (Å²) >= 11 is 1.36. The van der Waals surface area contributed by atoms with Crippen molar-refractivity contribution < 1.29 is 13.9 Å². The predicted octanol–water partition coefficient (Wildman–Crippen LogP) is 4.63. The minimum absolute atomic E-state index is 0.0989. The normalized spacial score (nSPS) is 12.0. The van der Waals surface area contributed by atoms with Crippen LogP contribution in [0.3, 0.4) is 0 Å². The van der Waals surface area contributed by atoms with Gasteiger partial charge in [0, 0.05) is 18.5 Å². The summed E-state index contributed by atoms with van der Waals surface area (Å²) in [6.07, 6.45) is 3.56. The number of carbonyl (C=O) groups is 1. The SMILES string of the molecule is COc1cccc(-n2ccnc2SCC(=O)NC(c2ccc(F)cc2)C(C)C)c1. The highest BCUT2D eigenvalue weighted by Gasteiger charge is 2.19. The van der Waals surface area contributed by atoms with E-state index in [1.54, 1.807) is 25.4 Å². The molecule has 2 aromatic carbocycles. The van der Waals surface area contributed by atoms with E-state index in [0.29, 0.717) is 0 Å². The summed E-state index contributed by atoms with van der Waals surface area (Å²) in [4.78, 5) is 16.9. The van der Waals surface area contributed by atoms with Crippen molar-refractivity contribution in [3.8, 4) is 11.4 Å². The molecular weight excluding hydrogens is 389 g/mol. The van der Waals surface area contributed by atoms with Gasteiger partial charge >= 0.3 is 0 Å². The average molecular weight is 414 g/mol. The monoisotopic (exact) mass is 413 g/mol. The molecule has 1 N–H and O–H groups in total. The van der Waals surface area contributed by atoms with Crippen LogP contribution in [0, 0.1) is 11.7 Å². The van der Waals surface area contributed by atoms with E-state index >= 15 is 0 Å². The maximum absolute atomic E-state index is 13.2. The van der Waals surface area contributed by atoms with Crippen molar-refractivity contribution >= 4 is 17.7 Å². The van der Waals surface area contributed by atoms with Crippen molar-refractivity contribution in [3.63, 3.8) is 0 Å². The Morgan fingerprint density at radius 2 is 2.00 bits per heavy atom. The van der Waals surface area contributed by atoms with Crippen LogP contribution in [-0.2, 0) is 4.79 Å². The fourth-order valence-corrected chi connectivity index (χ4v) is 3.79. The van der Waals surface area contributed by atoms with Gasteiger partial charge in [0.25, 0.3) is 0 Å². The van der Waals surface area contributed by atoms with E-state index in [1.165, 1.54) is 23.9 Å². The molecule has 1 heterocycles. The Balaban J connectivity index is 1.66. The highest BCUT2D eigenvalue weighted by molar-refractivity contribution is 7.99. The van der Waals surface area contributed by atoms with Gasteiger partial charge in [-0.1, -0.05) is 43.8 Å². The summed E-state index contributed by atoms with van der Waals surface area (Å²) in [6, 6.07) is 13.7. The molecule has 1 unspecified atom stereocenters. The Bertz CT molecular complexity index is 957. The highest BCUT2D eigenvalue weighted by atomic mass is 32.2. The molecule has 1 aromatic heterocycles. The third-order valence-electron chi connectivity index (χ3n) is 4.48. The molecule has 0 aliphatic rings. The quantitative estimate of drug-likeness (QED) is 0.547. The molecule has 7 heteroatoms. The number of imidazole rings is 1. The summed E-state index contributed by atoms with van der Waals surface area (Å²) in [5, 5.41) is 3.77. The number of methoxy groups -OCH3 is 1. The molecule has 3 aromatic rings. The first-order chi connectivity index (χ1) is 14.0. The third kappa shape index (κ3) is 5.38. The topological polar surface area (TPSA) is 56.2 Å². The van der Waals surface area contributed by atoms with Crippen LogP contribution in [0.15, 0.2) is 66.1 Å². The largest absolute Gasteiger partial charge is 0.497 e. The molecule has 0 spiro atoms. The number of hydrogen-bond acceptors (Lipinski definition) is 4. The first kappa shape index (κ1) is 20.9. The first-order valence-electron chi connectivity index (χ1n) is 9.33. The molecule has 0 radical (unpaired) electrons. The number of amides is 1. The Hall–Kier alpha value is -2.80. The molecular formula is C22H24FN3O2S. The van der Waals surface area contributed by atoms with Crippen LogP contribution in [-0.4, -0.2) is 28.3 Å². The van der Waals surface area contributed by atoms with Crippen molar-refractivity contribution in [1.82, 2.24) is 14.9 Å². The van der Waals surface area contributed by atoms with Gasteiger partial charge in [0.15, 0.2) is 5.16 Å². The molecule has 3 rings (SSSR count). The second kappa shape index (κ2) is 9.60. The number of thioether (sulfide) groups is 1. The lowest BCUT2D eigenvalue weighted by atomic mass is 9.96. The number of ether oxygens (including phenoxy) is 1. The number of halogens is 1. The van der Waals surface area contributed by atoms with E-state index in [1.807, 2.05) is 48.9 Å². The molecule has 0 aliphatic carbocycles. The molecule has 0 saturated carbocycles. The number of hydrogen-bond donors (Lipinski definition) is 1. The second-order valence-electron chi connectivity index (χ2n) is 6.91. The van der Waals surface area contributed by atoms with Gasteiger partial charge in [-0.3, -0.25) is 9.36 Å². The Morgan fingerprint density at radius 1 is 1.24 bits per heavy atom. The summed E-state index contributed by atoms with van der Waals surface area (Å²) in [7, 11) is 1.62. The third-order valence-corrected chi connectivity index (χ3v) is 5.45. The summed E-state index contributed by atoms with van der Waals surface area (Å²) in [5.74, 6) is 0.767. The number of nitrogens with one attached hydrogen (secondary N) is 1. The van der Waals surface area contributed by atoms with Gasteiger partial charge in [0.2, 0.25) is 5.91 Å². The molecule has 1 atom stereocenters. The van der Waals surface area contributed by atoms with Crippen molar-refractivity contribution in [2.75, 3.05) is 12.9 Å². The summed E-state index contributed by atoms with van der Waals surface area (Å²) < 4.78 is 20.4. The Labute approximate surface area is 174 Å². The minimum Gasteiger partial charge on any atom is -0.497 e. The number of benzene rings is 2. The molecule has 152 valence electrons. The molecule has 1 amide bonds. The number of rotatable bonds is 8. The fourth-order valence-electron chi connectivity index (χ4n) is 3.00. The summed E-state index contributed by atoms with van der Waals surface area (Å²) in [6.45, 7) is 4.05. The van der Waals surface area contributed by atoms with Crippen LogP contribution >= 0.6 is 11.8 Å². The predicted molar refractivity (Wildman–Crippen MR) is 113 cm³/mol. The van der Waals surface area contributed by atoms with Crippen molar-refractivity contribution in [2.24, 2.45) is 5.92 Å². The fraction of sp³-hybridized carbons (Fsp3) is 0.273. The lowest BCUT2D eigenvalue weighted by Gasteiger charge is -2.23. The van der Waals surface area contributed by atoms with E-state index in [2.05, 4.69) is 10.3 Å². The second-order valence-corrected chi connectivity index (χ2v) is 7.85. The maximum atomic E-state index is 13.2. The van der Waals surface area contributed by atoms with E-state index in [9.17, 15) is 9.18 Å². The van der Waals surface area contributed by atoms with E-state index in [-0.39, 0.29) is 29.4 Å². The molecule has 0 saturated heterocycles.